The third kappa shape index (κ3) is 5.01. The molecule has 5 nitrogen and oxygen atoms in total. The van der Waals surface area contributed by atoms with Gasteiger partial charge in [0.15, 0.2) is 5.12 Å². The maximum atomic E-state index is 13.4. The molecule has 2 heterocycles. The molecule has 1 N–H and O–H groups in total. The minimum Gasteiger partial charge on any atom is -0.343 e. The molecule has 162 valence electrons. The monoisotopic (exact) mass is 436 g/mol. The van der Waals surface area contributed by atoms with Gasteiger partial charge in [0.2, 0.25) is 11.8 Å². The van der Waals surface area contributed by atoms with Crippen LogP contribution >= 0.6 is 11.8 Å². The van der Waals surface area contributed by atoms with E-state index in [9.17, 15) is 14.4 Å². The van der Waals surface area contributed by atoms with E-state index < -0.39 is 11.3 Å². The molecule has 0 saturated carbocycles. The molecule has 2 aromatic rings. The molecule has 0 spiro atoms. The van der Waals surface area contributed by atoms with Gasteiger partial charge >= 0.3 is 0 Å². The van der Waals surface area contributed by atoms with Gasteiger partial charge in [0.05, 0.1) is 11.3 Å². The van der Waals surface area contributed by atoms with Gasteiger partial charge in [0, 0.05) is 19.9 Å². The number of fused-ring (bicyclic) bond motifs is 3. The summed E-state index contributed by atoms with van der Waals surface area (Å²) in [7, 11) is 0. The second-order valence-electron chi connectivity index (χ2n) is 8.30. The summed E-state index contributed by atoms with van der Waals surface area (Å²) in [6.45, 7) is 2.20. The Morgan fingerprint density at radius 3 is 2.61 bits per heavy atom. The highest BCUT2D eigenvalue weighted by molar-refractivity contribution is 8.14. The summed E-state index contributed by atoms with van der Waals surface area (Å²) >= 11 is 1.03. The van der Waals surface area contributed by atoms with Crippen LogP contribution in [-0.2, 0) is 27.2 Å². The van der Waals surface area contributed by atoms with Crippen LogP contribution in [0, 0.1) is 0 Å². The van der Waals surface area contributed by atoms with E-state index in [-0.39, 0.29) is 23.0 Å². The lowest BCUT2D eigenvalue weighted by Crippen LogP contribution is -2.52. The lowest BCUT2D eigenvalue weighted by Gasteiger charge is -2.36. The Hall–Kier alpha value is -2.60. The lowest BCUT2D eigenvalue weighted by atomic mass is 9.92. The van der Waals surface area contributed by atoms with E-state index in [1.807, 2.05) is 47.4 Å². The van der Waals surface area contributed by atoms with E-state index >= 15 is 0 Å². The summed E-state index contributed by atoms with van der Waals surface area (Å²) in [6, 6.07) is 17.3. The van der Waals surface area contributed by atoms with Gasteiger partial charge in [0.1, 0.15) is 6.04 Å². The molecule has 31 heavy (non-hydrogen) atoms. The Bertz CT molecular complexity index is 962. The van der Waals surface area contributed by atoms with Gasteiger partial charge in [-0.1, -0.05) is 66.4 Å². The maximum absolute atomic E-state index is 13.4. The number of carbonyl (C=O) groups excluding carboxylic acids is 3. The zero-order valence-electron chi connectivity index (χ0n) is 17.8. The molecule has 0 unspecified atom stereocenters. The van der Waals surface area contributed by atoms with Crippen molar-refractivity contribution in [3.05, 3.63) is 71.3 Å². The van der Waals surface area contributed by atoms with E-state index in [0.717, 1.165) is 48.7 Å². The fourth-order valence-corrected chi connectivity index (χ4v) is 5.52. The Balaban J connectivity index is 1.56. The molecule has 2 amide bonds. The Morgan fingerprint density at radius 1 is 1.10 bits per heavy atom. The van der Waals surface area contributed by atoms with Gasteiger partial charge < -0.3 is 10.2 Å². The van der Waals surface area contributed by atoms with Crippen molar-refractivity contribution in [2.24, 2.45) is 0 Å². The highest BCUT2D eigenvalue weighted by atomic mass is 32.2. The van der Waals surface area contributed by atoms with E-state index in [0.29, 0.717) is 12.8 Å². The molecule has 6 heteroatoms. The first kappa shape index (κ1) is 21.6. The molecule has 1 fully saturated rings. The number of benzene rings is 2. The summed E-state index contributed by atoms with van der Waals surface area (Å²) in [5.41, 5.74) is 3.31. The topological polar surface area (TPSA) is 66.5 Å². The van der Waals surface area contributed by atoms with Gasteiger partial charge in [0.25, 0.3) is 0 Å². The fraction of sp³-hybridized carbons (Fsp3) is 0.400. The van der Waals surface area contributed by atoms with E-state index in [2.05, 4.69) is 17.4 Å². The van der Waals surface area contributed by atoms with Crippen molar-refractivity contribution < 1.29 is 14.4 Å². The van der Waals surface area contributed by atoms with Crippen LogP contribution in [0.25, 0.3) is 0 Å². The van der Waals surface area contributed by atoms with E-state index in [4.69, 9.17) is 0 Å². The van der Waals surface area contributed by atoms with Crippen LogP contribution in [-0.4, -0.2) is 39.7 Å². The van der Waals surface area contributed by atoms with Gasteiger partial charge in [-0.15, -0.1) is 0 Å². The maximum Gasteiger partial charge on any atom is 0.246 e. The van der Waals surface area contributed by atoms with Gasteiger partial charge in [-0.2, -0.15) is 0 Å². The Kier molecular flexibility index (Phi) is 6.76. The number of thioether (sulfide) groups is 1. The van der Waals surface area contributed by atoms with Crippen molar-refractivity contribution in [1.29, 1.82) is 0 Å². The third-order valence-electron chi connectivity index (χ3n) is 6.10. The highest BCUT2D eigenvalue weighted by Gasteiger charge is 2.38. The van der Waals surface area contributed by atoms with Crippen molar-refractivity contribution in [1.82, 2.24) is 10.2 Å². The lowest BCUT2D eigenvalue weighted by molar-refractivity contribution is -0.139. The second kappa shape index (κ2) is 9.69. The van der Waals surface area contributed by atoms with Crippen LogP contribution in [0.5, 0.6) is 0 Å². The third-order valence-corrected chi connectivity index (χ3v) is 7.10. The summed E-state index contributed by atoms with van der Waals surface area (Å²) < 4.78 is 0. The highest BCUT2D eigenvalue weighted by Crippen LogP contribution is 2.36. The number of hydrogen-bond donors (Lipinski definition) is 1. The number of hydrogen-bond acceptors (Lipinski definition) is 4. The minimum absolute atomic E-state index is 0.0134. The van der Waals surface area contributed by atoms with Gasteiger partial charge in [-0.05, 0) is 42.4 Å². The number of amides is 2. The average Bonchev–Trinajstić information content (AvgIpc) is 2.89. The Labute approximate surface area is 187 Å². The van der Waals surface area contributed by atoms with Crippen molar-refractivity contribution in [2.75, 3.05) is 6.54 Å². The van der Waals surface area contributed by atoms with E-state index in [1.165, 1.54) is 12.5 Å². The zero-order chi connectivity index (χ0) is 21.8. The molecule has 1 saturated heterocycles. The molecule has 2 aromatic carbocycles. The average molecular weight is 437 g/mol. The molecular formula is C25H28N2O3S. The predicted octanol–water partition coefficient (Wildman–Crippen LogP) is 3.67. The first-order valence-electron chi connectivity index (χ1n) is 10.9. The van der Waals surface area contributed by atoms with Crippen molar-refractivity contribution in [3.8, 4) is 0 Å². The molecular weight excluding hydrogens is 408 g/mol. The zero-order valence-corrected chi connectivity index (χ0v) is 18.6. The normalized spacial score (nSPS) is 21.5. The first-order valence-corrected chi connectivity index (χ1v) is 11.8. The molecule has 3 atom stereocenters. The number of carbonyl (C=O) groups is 3. The molecule has 0 aliphatic carbocycles. The summed E-state index contributed by atoms with van der Waals surface area (Å²) in [6.07, 6.45) is 3.98. The number of piperidine rings is 1. The van der Waals surface area contributed by atoms with E-state index in [1.54, 1.807) is 0 Å². The second-order valence-corrected chi connectivity index (χ2v) is 9.67. The summed E-state index contributed by atoms with van der Waals surface area (Å²) in [5.74, 6) is -0.268. The molecule has 2 aliphatic heterocycles. The van der Waals surface area contributed by atoms with Crippen LogP contribution in [0.3, 0.4) is 0 Å². The number of nitrogens with one attached hydrogen (secondary N) is 1. The SMILES string of the molecule is CC(=O)S[C@H](Cc1ccccc1)C(=O)N[C@H]1Cc2ccccc2[C@H]2CCCCN2C1=O. The minimum atomic E-state index is -0.609. The van der Waals surface area contributed by atoms with Crippen LogP contribution in [0.1, 0.15) is 48.9 Å². The van der Waals surface area contributed by atoms with Crippen LogP contribution in [0.2, 0.25) is 0 Å². The van der Waals surface area contributed by atoms with Crippen molar-refractivity contribution in [2.45, 2.75) is 56.4 Å². The van der Waals surface area contributed by atoms with Crippen molar-refractivity contribution in [3.63, 3.8) is 0 Å². The summed E-state index contributed by atoms with van der Waals surface area (Å²) in [4.78, 5) is 40.4. The van der Waals surface area contributed by atoms with Gasteiger partial charge in [-0.25, -0.2) is 0 Å². The molecule has 0 bridgehead atoms. The van der Waals surface area contributed by atoms with Crippen LogP contribution < -0.4 is 5.32 Å². The first-order chi connectivity index (χ1) is 15.0. The Morgan fingerprint density at radius 2 is 1.84 bits per heavy atom. The number of nitrogens with zero attached hydrogens (tertiary/aromatic N) is 1. The fourth-order valence-electron chi connectivity index (χ4n) is 4.67. The standard InChI is InChI=1S/C25H28N2O3S/c1-17(28)31-23(15-18-9-3-2-4-10-18)24(29)26-21-16-19-11-5-6-12-20(19)22-13-7-8-14-27(22)25(21)30/h2-6,9-12,21-23H,7-8,13-16H2,1H3,(H,26,29)/t21-,22+,23+/m0/s1. The molecule has 0 radical (unpaired) electrons. The largest absolute Gasteiger partial charge is 0.343 e. The molecule has 0 aromatic heterocycles. The van der Waals surface area contributed by atoms with Crippen LogP contribution in [0.15, 0.2) is 54.6 Å². The predicted molar refractivity (Wildman–Crippen MR) is 123 cm³/mol. The van der Waals surface area contributed by atoms with Crippen molar-refractivity contribution >= 4 is 28.7 Å². The molecule has 2 aliphatic rings. The number of rotatable bonds is 5. The quantitative estimate of drug-likeness (QED) is 0.777. The van der Waals surface area contributed by atoms with Crippen LogP contribution in [0.4, 0.5) is 0 Å². The smallest absolute Gasteiger partial charge is 0.246 e. The summed E-state index contributed by atoms with van der Waals surface area (Å²) in [5, 5.41) is 2.33. The van der Waals surface area contributed by atoms with Gasteiger partial charge in [-0.3, -0.25) is 14.4 Å². The molecule has 4 rings (SSSR count).